The molecule has 0 saturated carbocycles. The number of hydrogen-bond donors (Lipinski definition) is 1. The van der Waals surface area contributed by atoms with Crippen LogP contribution in [0.4, 0.5) is 0 Å². The van der Waals surface area contributed by atoms with Crippen LogP contribution in [-0.4, -0.2) is 63.0 Å². The zero-order valence-corrected chi connectivity index (χ0v) is 19.5. The lowest BCUT2D eigenvalue weighted by Gasteiger charge is -2.40. The molecule has 2 heterocycles. The van der Waals surface area contributed by atoms with Crippen molar-refractivity contribution >= 4 is 27.3 Å². The van der Waals surface area contributed by atoms with E-state index in [1.165, 1.54) is 9.18 Å². The average molecular weight is 450 g/mol. The Morgan fingerprint density at radius 2 is 1.83 bits per heavy atom. The summed E-state index contributed by atoms with van der Waals surface area (Å²) in [5.74, 6) is 0.0636. The zero-order chi connectivity index (χ0) is 21.8. The van der Waals surface area contributed by atoms with Crippen LogP contribution in [0, 0.1) is 0 Å². The number of nitrogens with zero attached hydrogens (tertiary/aromatic N) is 2. The molecule has 1 aromatic carbocycles. The third-order valence-electron chi connectivity index (χ3n) is 6.05. The summed E-state index contributed by atoms with van der Waals surface area (Å²) in [6.45, 7) is 2.89. The van der Waals surface area contributed by atoms with Gasteiger partial charge in [0.25, 0.3) is 0 Å². The van der Waals surface area contributed by atoms with Crippen LogP contribution >= 0.6 is 11.3 Å². The largest absolute Gasteiger partial charge is 0.353 e. The van der Waals surface area contributed by atoms with Gasteiger partial charge in [-0.3, -0.25) is 4.79 Å². The minimum atomic E-state index is -3.25. The molecule has 1 saturated heterocycles. The monoisotopic (exact) mass is 449 g/mol. The maximum atomic E-state index is 13.5. The van der Waals surface area contributed by atoms with Crippen LogP contribution in [0.3, 0.4) is 0 Å². The Hall–Kier alpha value is -1.74. The molecule has 1 amide bonds. The van der Waals surface area contributed by atoms with Gasteiger partial charge in [0, 0.05) is 24.5 Å². The molecule has 0 spiro atoms. The van der Waals surface area contributed by atoms with Gasteiger partial charge in [-0.2, -0.15) is 0 Å². The van der Waals surface area contributed by atoms with Crippen LogP contribution in [-0.2, 0) is 20.2 Å². The molecule has 1 aliphatic rings. The minimum Gasteiger partial charge on any atom is -0.353 e. The Morgan fingerprint density at radius 3 is 2.37 bits per heavy atom. The lowest BCUT2D eigenvalue weighted by molar-refractivity contribution is -0.128. The first-order valence-electron chi connectivity index (χ1n) is 10.3. The van der Waals surface area contributed by atoms with Gasteiger partial charge in [-0.15, -0.1) is 11.3 Å². The number of rotatable bonds is 8. The van der Waals surface area contributed by atoms with Crippen molar-refractivity contribution in [1.82, 2.24) is 14.5 Å². The topological polar surface area (TPSA) is 69.7 Å². The molecular weight excluding hydrogens is 418 g/mol. The van der Waals surface area contributed by atoms with Gasteiger partial charge in [0.15, 0.2) is 0 Å². The molecule has 6 nitrogen and oxygen atoms in total. The van der Waals surface area contributed by atoms with Crippen LogP contribution in [0.25, 0.3) is 0 Å². The minimum absolute atomic E-state index is 0.0225. The zero-order valence-electron chi connectivity index (χ0n) is 17.9. The van der Waals surface area contributed by atoms with Gasteiger partial charge < -0.3 is 10.2 Å². The van der Waals surface area contributed by atoms with Crippen LogP contribution < -0.4 is 5.32 Å². The first-order valence-corrected chi connectivity index (χ1v) is 12.8. The Balaban J connectivity index is 1.81. The average Bonchev–Trinajstić information content (AvgIpc) is 3.28. The highest BCUT2D eigenvalue weighted by Crippen LogP contribution is 2.37. The molecule has 1 aromatic heterocycles. The second kappa shape index (κ2) is 9.60. The number of amides is 1. The van der Waals surface area contributed by atoms with Crippen LogP contribution in [0.2, 0.25) is 0 Å². The van der Waals surface area contributed by atoms with Crippen molar-refractivity contribution in [2.75, 3.05) is 39.5 Å². The van der Waals surface area contributed by atoms with Gasteiger partial charge in [-0.05, 0) is 50.9 Å². The highest BCUT2D eigenvalue weighted by atomic mass is 32.2. The molecule has 1 aliphatic heterocycles. The first-order chi connectivity index (χ1) is 14.3. The molecule has 1 atom stereocenters. The Labute approximate surface area is 183 Å². The summed E-state index contributed by atoms with van der Waals surface area (Å²) in [5, 5.41) is 5.23. The number of piperidine rings is 1. The van der Waals surface area contributed by atoms with E-state index in [-0.39, 0.29) is 17.7 Å². The van der Waals surface area contributed by atoms with Crippen molar-refractivity contribution < 1.29 is 13.2 Å². The predicted molar refractivity (Wildman–Crippen MR) is 122 cm³/mol. The molecule has 3 rings (SSSR count). The molecule has 30 heavy (non-hydrogen) atoms. The summed E-state index contributed by atoms with van der Waals surface area (Å²) in [7, 11) is 0.773. The van der Waals surface area contributed by atoms with Crippen LogP contribution in [0.15, 0.2) is 47.8 Å². The second-order valence-electron chi connectivity index (χ2n) is 7.95. The lowest BCUT2D eigenvalue weighted by atomic mass is 9.72. The summed E-state index contributed by atoms with van der Waals surface area (Å²) in [5.41, 5.74) is 0.237. The third-order valence-corrected chi connectivity index (χ3v) is 8.90. The number of thiophene rings is 1. The molecule has 1 fully saturated rings. The fraction of sp³-hybridized carbons (Fsp3) is 0.500. The highest BCUT2D eigenvalue weighted by Gasteiger charge is 2.44. The van der Waals surface area contributed by atoms with Gasteiger partial charge in [-0.25, -0.2) is 12.7 Å². The molecule has 8 heteroatoms. The smallest absolute Gasteiger partial charge is 0.230 e. The normalized spacial score (nSPS) is 18.3. The SMILES string of the molecule is CCS(=O)(=O)N1CCC(C(=O)NCC(c2cccs2)N(C)C)(c2ccccc2)CC1. The number of sulfonamides is 1. The number of hydrogen-bond acceptors (Lipinski definition) is 5. The Morgan fingerprint density at radius 1 is 1.17 bits per heavy atom. The number of nitrogens with one attached hydrogen (secondary N) is 1. The van der Waals surface area contributed by atoms with Crippen molar-refractivity contribution in [3.63, 3.8) is 0 Å². The number of carbonyl (C=O) groups excluding carboxylic acids is 1. The Kier molecular flexibility index (Phi) is 7.34. The summed E-state index contributed by atoms with van der Waals surface area (Å²) in [6, 6.07) is 14.0. The molecule has 0 bridgehead atoms. The standard InChI is InChI=1S/C22H31N3O3S2/c1-4-30(27,28)25-14-12-22(13-15-25,18-9-6-5-7-10-18)21(26)23-17-19(24(2)3)20-11-8-16-29-20/h5-11,16,19H,4,12-15,17H2,1-3H3,(H,23,26). The van der Waals surface area contributed by atoms with Crippen molar-refractivity contribution in [2.45, 2.75) is 31.2 Å². The van der Waals surface area contributed by atoms with E-state index in [2.05, 4.69) is 16.3 Å². The number of benzene rings is 1. The van der Waals surface area contributed by atoms with E-state index in [0.717, 1.165) is 5.56 Å². The fourth-order valence-electron chi connectivity index (χ4n) is 4.11. The van der Waals surface area contributed by atoms with E-state index >= 15 is 0 Å². The van der Waals surface area contributed by atoms with E-state index < -0.39 is 15.4 Å². The van der Waals surface area contributed by atoms with Crippen molar-refractivity contribution in [3.05, 3.63) is 58.3 Å². The van der Waals surface area contributed by atoms with Crippen LogP contribution in [0.5, 0.6) is 0 Å². The summed E-state index contributed by atoms with van der Waals surface area (Å²) in [4.78, 5) is 16.9. The van der Waals surface area contributed by atoms with E-state index in [0.29, 0.717) is 32.5 Å². The van der Waals surface area contributed by atoms with E-state index in [1.54, 1.807) is 18.3 Å². The quantitative estimate of drug-likeness (QED) is 0.673. The van der Waals surface area contributed by atoms with Gasteiger partial charge in [-0.1, -0.05) is 36.4 Å². The Bertz CT molecular complexity index is 920. The summed E-state index contributed by atoms with van der Waals surface area (Å²) in [6.07, 6.45) is 0.960. The maximum absolute atomic E-state index is 13.5. The molecule has 164 valence electrons. The molecular formula is C22H31N3O3S2. The fourth-order valence-corrected chi connectivity index (χ4v) is 6.14. The van der Waals surface area contributed by atoms with Gasteiger partial charge in [0.2, 0.25) is 15.9 Å². The summed E-state index contributed by atoms with van der Waals surface area (Å²) < 4.78 is 26.2. The van der Waals surface area contributed by atoms with Gasteiger partial charge >= 0.3 is 0 Å². The highest BCUT2D eigenvalue weighted by molar-refractivity contribution is 7.89. The molecule has 1 N–H and O–H groups in total. The van der Waals surface area contributed by atoms with Crippen molar-refractivity contribution in [2.24, 2.45) is 0 Å². The number of likely N-dealkylation sites (N-methyl/N-ethyl adjacent to an activating group) is 1. The van der Waals surface area contributed by atoms with E-state index in [9.17, 15) is 13.2 Å². The lowest BCUT2D eigenvalue weighted by Crippen LogP contribution is -2.53. The van der Waals surface area contributed by atoms with E-state index in [4.69, 9.17) is 0 Å². The molecule has 2 aromatic rings. The van der Waals surface area contributed by atoms with Gasteiger partial charge in [0.05, 0.1) is 17.2 Å². The second-order valence-corrected chi connectivity index (χ2v) is 11.2. The van der Waals surface area contributed by atoms with E-state index in [1.807, 2.05) is 55.9 Å². The molecule has 0 aliphatic carbocycles. The third kappa shape index (κ3) is 4.77. The first kappa shape index (κ1) is 22.9. The maximum Gasteiger partial charge on any atom is 0.230 e. The van der Waals surface area contributed by atoms with Crippen molar-refractivity contribution in [3.8, 4) is 0 Å². The van der Waals surface area contributed by atoms with Crippen LogP contribution in [0.1, 0.15) is 36.2 Å². The molecule has 0 radical (unpaired) electrons. The number of carbonyl (C=O) groups is 1. The summed E-state index contributed by atoms with van der Waals surface area (Å²) >= 11 is 1.68. The van der Waals surface area contributed by atoms with Crippen molar-refractivity contribution in [1.29, 1.82) is 0 Å². The van der Waals surface area contributed by atoms with Gasteiger partial charge in [0.1, 0.15) is 0 Å². The molecule has 1 unspecified atom stereocenters. The predicted octanol–water partition coefficient (Wildman–Crippen LogP) is 2.85.